The number of benzene rings is 2. The van der Waals surface area contributed by atoms with E-state index < -0.39 is 5.97 Å². The molecule has 0 spiro atoms. The smallest absolute Gasteiger partial charge is 0.329 e. The number of carbonyl (C=O) groups is 1. The van der Waals surface area contributed by atoms with Crippen molar-refractivity contribution in [1.82, 2.24) is 0 Å². The van der Waals surface area contributed by atoms with Crippen LogP contribution >= 0.6 is 0 Å². The minimum atomic E-state index is -0.919. The van der Waals surface area contributed by atoms with Crippen molar-refractivity contribution in [3.05, 3.63) is 59.7 Å². The Hall–Kier alpha value is -2.37. The van der Waals surface area contributed by atoms with Gasteiger partial charge in [-0.05, 0) is 79.8 Å². The summed E-state index contributed by atoms with van der Waals surface area (Å²) in [5.74, 6) is 0.751. The summed E-state index contributed by atoms with van der Waals surface area (Å²) in [6, 6.07) is 16.3. The number of ether oxygens (including phenoxy) is 3. The van der Waals surface area contributed by atoms with Crippen molar-refractivity contribution in [2.75, 3.05) is 19.8 Å². The highest BCUT2D eigenvalue weighted by Crippen LogP contribution is 2.55. The van der Waals surface area contributed by atoms with Gasteiger partial charge in [0.1, 0.15) is 18.1 Å². The van der Waals surface area contributed by atoms with Crippen LogP contribution in [0.4, 0.5) is 0 Å². The molecule has 29 heavy (non-hydrogen) atoms. The second-order valence-electron chi connectivity index (χ2n) is 8.43. The zero-order chi connectivity index (χ0) is 20.3. The van der Waals surface area contributed by atoms with E-state index >= 15 is 0 Å². The third kappa shape index (κ3) is 4.46. The predicted octanol–water partition coefficient (Wildman–Crippen LogP) is 5.06. The molecule has 1 N–H and O–H groups in total. The van der Waals surface area contributed by atoms with Crippen molar-refractivity contribution >= 4 is 5.97 Å². The Bertz CT molecular complexity index is 851. The van der Waals surface area contributed by atoms with E-state index in [9.17, 15) is 4.79 Å². The molecule has 154 valence electrons. The summed E-state index contributed by atoms with van der Waals surface area (Å²) in [4.78, 5) is 10.6. The summed E-state index contributed by atoms with van der Waals surface area (Å²) in [7, 11) is 0. The molecule has 2 heterocycles. The van der Waals surface area contributed by atoms with E-state index in [2.05, 4.69) is 25.1 Å². The first-order chi connectivity index (χ1) is 14.0. The normalized spacial score (nSPS) is 25.7. The van der Waals surface area contributed by atoms with Gasteiger partial charge in [-0.1, -0.05) is 24.3 Å². The molecule has 0 amide bonds. The third-order valence-corrected chi connectivity index (χ3v) is 6.36. The van der Waals surface area contributed by atoms with Crippen LogP contribution in [0, 0.1) is 12.3 Å². The molecule has 0 aromatic heterocycles. The molecule has 1 aliphatic carbocycles. The first-order valence-corrected chi connectivity index (χ1v) is 10.3. The Morgan fingerprint density at radius 1 is 1.07 bits per heavy atom. The molecule has 0 radical (unpaired) electrons. The molecule has 2 saturated heterocycles. The van der Waals surface area contributed by atoms with Crippen LogP contribution in [-0.4, -0.2) is 30.9 Å². The number of rotatable bonds is 8. The van der Waals surface area contributed by atoms with Crippen LogP contribution in [0.15, 0.2) is 48.5 Å². The standard InChI is InChI=1S/C24H28O5/c1-18-4-2-6-20(14-18)29-21-7-3-5-19(15-21)24-10-8-23(9-11-24,17-28-24)12-13-27-16-22(25)26/h2-7,14-15H,8-13,16-17H2,1H3,(H,25,26). The molecule has 0 atom stereocenters. The average molecular weight is 396 g/mol. The first kappa shape index (κ1) is 19.9. The molecule has 1 saturated carbocycles. The van der Waals surface area contributed by atoms with E-state index in [0.29, 0.717) is 13.2 Å². The van der Waals surface area contributed by atoms with Gasteiger partial charge in [0.15, 0.2) is 0 Å². The van der Waals surface area contributed by atoms with Crippen molar-refractivity contribution in [1.29, 1.82) is 0 Å². The van der Waals surface area contributed by atoms with Crippen LogP contribution in [-0.2, 0) is 19.9 Å². The SMILES string of the molecule is Cc1cccc(Oc2cccc(C34CCC(CCOCC(=O)O)(CC3)CO4)c2)c1. The summed E-state index contributed by atoms with van der Waals surface area (Å²) in [5, 5.41) is 8.71. The lowest BCUT2D eigenvalue weighted by atomic mass is 9.63. The Morgan fingerprint density at radius 2 is 1.79 bits per heavy atom. The van der Waals surface area contributed by atoms with Crippen LogP contribution in [0.25, 0.3) is 0 Å². The van der Waals surface area contributed by atoms with E-state index in [4.69, 9.17) is 19.3 Å². The Morgan fingerprint density at radius 3 is 2.45 bits per heavy atom. The largest absolute Gasteiger partial charge is 0.480 e. The second-order valence-corrected chi connectivity index (χ2v) is 8.43. The molecular weight excluding hydrogens is 368 g/mol. The Balaban J connectivity index is 1.41. The van der Waals surface area contributed by atoms with Crippen LogP contribution < -0.4 is 4.74 Å². The van der Waals surface area contributed by atoms with Gasteiger partial charge in [-0.15, -0.1) is 0 Å². The number of aliphatic carboxylic acids is 1. The lowest BCUT2D eigenvalue weighted by molar-refractivity contribution is -0.194. The van der Waals surface area contributed by atoms with Crippen LogP contribution in [0.3, 0.4) is 0 Å². The minimum absolute atomic E-state index is 0.121. The van der Waals surface area contributed by atoms with Crippen molar-refractivity contribution in [2.45, 2.75) is 44.6 Å². The predicted molar refractivity (Wildman–Crippen MR) is 109 cm³/mol. The van der Waals surface area contributed by atoms with Gasteiger partial charge in [-0.2, -0.15) is 0 Å². The monoisotopic (exact) mass is 396 g/mol. The maximum absolute atomic E-state index is 10.6. The molecule has 5 rings (SSSR count). The molecule has 0 unspecified atom stereocenters. The average Bonchev–Trinajstić information content (AvgIpc) is 2.73. The molecule has 2 bridgehead atoms. The lowest BCUT2D eigenvalue weighted by Crippen LogP contribution is -2.49. The molecule has 2 aliphatic heterocycles. The van der Waals surface area contributed by atoms with Crippen LogP contribution in [0.2, 0.25) is 0 Å². The molecule has 2 aromatic carbocycles. The minimum Gasteiger partial charge on any atom is -0.480 e. The topological polar surface area (TPSA) is 65.0 Å². The van der Waals surface area contributed by atoms with E-state index in [1.165, 1.54) is 11.1 Å². The van der Waals surface area contributed by atoms with Gasteiger partial charge >= 0.3 is 5.97 Å². The number of carboxylic acids is 1. The highest BCUT2D eigenvalue weighted by atomic mass is 16.5. The highest BCUT2D eigenvalue weighted by Gasteiger charge is 2.50. The second kappa shape index (κ2) is 8.17. The molecule has 3 aliphatic rings. The van der Waals surface area contributed by atoms with Gasteiger partial charge in [0.05, 0.1) is 12.2 Å². The third-order valence-electron chi connectivity index (χ3n) is 6.36. The van der Waals surface area contributed by atoms with Crippen LogP contribution in [0.5, 0.6) is 11.5 Å². The summed E-state index contributed by atoms with van der Waals surface area (Å²) in [5.41, 5.74) is 2.23. The van der Waals surface area contributed by atoms with Crippen molar-refractivity contribution in [3.63, 3.8) is 0 Å². The zero-order valence-corrected chi connectivity index (χ0v) is 16.9. The molecule has 5 heteroatoms. The zero-order valence-electron chi connectivity index (χ0n) is 16.9. The van der Waals surface area contributed by atoms with Crippen molar-refractivity contribution < 1.29 is 24.1 Å². The molecular formula is C24H28O5. The molecule has 2 aromatic rings. The number of hydrogen-bond donors (Lipinski definition) is 1. The van der Waals surface area contributed by atoms with E-state index in [1.54, 1.807) is 0 Å². The molecule has 5 nitrogen and oxygen atoms in total. The van der Waals surface area contributed by atoms with Crippen molar-refractivity contribution in [3.8, 4) is 11.5 Å². The lowest BCUT2D eigenvalue weighted by Gasteiger charge is -2.53. The highest BCUT2D eigenvalue weighted by molar-refractivity contribution is 5.67. The number of fused-ring (bicyclic) bond motifs is 3. The maximum Gasteiger partial charge on any atom is 0.329 e. The Kier molecular flexibility index (Phi) is 5.61. The fourth-order valence-electron chi connectivity index (χ4n) is 4.56. The van der Waals surface area contributed by atoms with Gasteiger partial charge in [-0.3, -0.25) is 0 Å². The quantitative estimate of drug-likeness (QED) is 0.632. The number of aryl methyl sites for hydroxylation is 1. The van der Waals surface area contributed by atoms with Gasteiger partial charge in [0.25, 0.3) is 0 Å². The van der Waals surface area contributed by atoms with E-state index in [-0.39, 0.29) is 17.6 Å². The van der Waals surface area contributed by atoms with Crippen LogP contribution in [0.1, 0.15) is 43.2 Å². The maximum atomic E-state index is 10.6. The van der Waals surface area contributed by atoms with Gasteiger partial charge in [0, 0.05) is 6.61 Å². The number of carboxylic acid groups (broad SMARTS) is 1. The fourth-order valence-corrected chi connectivity index (χ4v) is 4.56. The summed E-state index contributed by atoms with van der Waals surface area (Å²) in [6.07, 6.45) is 4.95. The van der Waals surface area contributed by atoms with Crippen molar-refractivity contribution in [2.24, 2.45) is 5.41 Å². The summed E-state index contributed by atoms with van der Waals surface area (Å²) in [6.45, 7) is 3.00. The van der Waals surface area contributed by atoms with E-state index in [1.807, 2.05) is 30.3 Å². The number of hydrogen-bond acceptors (Lipinski definition) is 4. The first-order valence-electron chi connectivity index (χ1n) is 10.3. The molecule has 3 fully saturated rings. The van der Waals surface area contributed by atoms with Gasteiger partial charge < -0.3 is 19.3 Å². The Labute approximate surface area is 171 Å². The summed E-state index contributed by atoms with van der Waals surface area (Å²) >= 11 is 0. The van der Waals surface area contributed by atoms with Gasteiger partial charge in [-0.25, -0.2) is 4.79 Å². The van der Waals surface area contributed by atoms with Gasteiger partial charge in [0.2, 0.25) is 0 Å². The fraction of sp³-hybridized carbons (Fsp3) is 0.458. The summed E-state index contributed by atoms with van der Waals surface area (Å²) < 4.78 is 17.8. The van der Waals surface area contributed by atoms with E-state index in [0.717, 1.165) is 43.6 Å².